The van der Waals surface area contributed by atoms with Gasteiger partial charge in [-0.1, -0.05) is 129 Å². The topological polar surface area (TPSA) is 25.8 Å². The Hall–Kier alpha value is -4.51. The van der Waals surface area contributed by atoms with E-state index < -0.39 is 20.8 Å². The molecule has 0 aliphatic carbocycles. The van der Waals surface area contributed by atoms with Crippen molar-refractivity contribution in [2.75, 3.05) is 0 Å². The molecule has 0 saturated carbocycles. The number of pyridine rings is 2. The summed E-state index contributed by atoms with van der Waals surface area (Å²) < 4.78 is 36.9. The molecule has 0 unspecified atom stereocenters. The van der Waals surface area contributed by atoms with Crippen LogP contribution in [0.5, 0.6) is 0 Å². The fourth-order valence-corrected chi connectivity index (χ4v) is 8.91. The fraction of sp³-hybridized carbons (Fsp3) is 0.167. The third-order valence-electron chi connectivity index (χ3n) is 8.76. The van der Waals surface area contributed by atoms with Gasteiger partial charge < -0.3 is 9.97 Å². The zero-order chi connectivity index (χ0) is 39.7. The van der Waals surface area contributed by atoms with Gasteiger partial charge >= 0.3 is 0 Å². The Labute approximate surface area is 339 Å². The van der Waals surface area contributed by atoms with Crippen LogP contribution in [0.3, 0.4) is 0 Å². The molecule has 0 fully saturated rings. The monoisotopic (exact) mass is 905 g/mol. The van der Waals surface area contributed by atoms with Crippen molar-refractivity contribution in [1.29, 1.82) is 0 Å². The van der Waals surface area contributed by atoms with Gasteiger partial charge in [-0.05, 0) is 79.7 Å². The summed E-state index contributed by atoms with van der Waals surface area (Å²) in [6.45, 7) is 10.6. The Bertz CT molecular complexity index is 2610. The molecule has 0 aliphatic rings. The van der Waals surface area contributed by atoms with Crippen molar-refractivity contribution >= 4 is 44.8 Å². The molecule has 3 aromatic heterocycles. The summed E-state index contributed by atoms with van der Waals surface area (Å²) in [4.78, 5) is 9.20. The van der Waals surface area contributed by atoms with Crippen molar-refractivity contribution in [3.8, 4) is 33.6 Å². The van der Waals surface area contributed by atoms with Gasteiger partial charge in [0.15, 0.2) is 0 Å². The zero-order valence-corrected chi connectivity index (χ0v) is 34.8. The summed E-state index contributed by atoms with van der Waals surface area (Å²) in [6.07, 6.45) is 0.608. The Balaban J connectivity index is 0.000000208. The van der Waals surface area contributed by atoms with Crippen LogP contribution in [-0.4, -0.2) is 18.0 Å². The molecule has 0 spiro atoms. The molecule has 0 N–H and O–H groups in total. The third kappa shape index (κ3) is 9.17. The van der Waals surface area contributed by atoms with Crippen molar-refractivity contribution in [3.05, 3.63) is 175 Å². The van der Waals surface area contributed by atoms with E-state index in [9.17, 15) is 0 Å². The van der Waals surface area contributed by atoms with Gasteiger partial charge in [-0.25, -0.2) is 0 Å². The van der Waals surface area contributed by atoms with Gasteiger partial charge in [0.05, 0.1) is 8.07 Å². The Kier molecular flexibility index (Phi) is 10.7. The van der Waals surface area contributed by atoms with Gasteiger partial charge in [-0.3, -0.25) is 0 Å². The molecule has 0 bridgehead atoms. The van der Waals surface area contributed by atoms with Crippen LogP contribution >= 0.6 is 11.3 Å². The summed E-state index contributed by atoms with van der Waals surface area (Å²) in [7, 11) is -1.67. The van der Waals surface area contributed by atoms with E-state index in [1.54, 1.807) is 23.6 Å². The second kappa shape index (κ2) is 17.1. The summed E-state index contributed by atoms with van der Waals surface area (Å²) >= 11 is 1.74. The van der Waals surface area contributed by atoms with Crippen molar-refractivity contribution in [2.24, 2.45) is 5.92 Å². The number of rotatable bonds is 8. The number of hydrogen-bond acceptors (Lipinski definition) is 3. The molecule has 5 aromatic carbocycles. The molecule has 0 atom stereocenters. The molecule has 0 amide bonds. The molecule has 0 saturated heterocycles. The maximum absolute atomic E-state index is 8.75. The van der Waals surface area contributed by atoms with Crippen LogP contribution < -0.4 is 5.19 Å². The normalized spacial score (nSPS) is 12.9. The van der Waals surface area contributed by atoms with Crippen LogP contribution in [0.2, 0.25) is 19.6 Å². The minimum Gasteiger partial charge on any atom is -0.305 e. The molecule has 2 nitrogen and oxygen atoms in total. The number of fused-ring (bicyclic) bond motifs is 3. The number of nitrogens with zero attached hydrogens (tertiary/aromatic N) is 2. The maximum atomic E-state index is 8.75. The molecule has 0 aliphatic heterocycles. The first-order valence-corrected chi connectivity index (χ1v) is 22.0. The summed E-state index contributed by atoms with van der Waals surface area (Å²) in [6, 6.07) is 50.2. The molecule has 3 heterocycles. The van der Waals surface area contributed by atoms with E-state index in [-0.39, 0.29) is 26.0 Å². The average Bonchev–Trinajstić information content (AvgIpc) is 3.60. The summed E-state index contributed by atoms with van der Waals surface area (Å²) in [5, 5.41) is 3.49. The second-order valence-electron chi connectivity index (χ2n) is 14.1. The maximum Gasteiger partial charge on any atom is 0.0798 e. The van der Waals surface area contributed by atoms with Gasteiger partial charge in [0, 0.05) is 42.7 Å². The van der Waals surface area contributed by atoms with Gasteiger partial charge in [-0.15, -0.1) is 59.7 Å². The number of hydrogen-bond donors (Lipinski definition) is 0. The van der Waals surface area contributed by atoms with Crippen LogP contribution in [0.25, 0.3) is 53.8 Å². The standard InChI is InChI=1S/C30H20NS.C18H24NSi.Ir/c1-3-8-21(9-4-1)18-22-16-17-31-28(19-22)27-13-7-12-26-25-15-14-24(20-29(25)32-30(26)27)23-10-5-2-6-11-23;1-14(2)11-16-12-17(15-9-7-6-8-10-15)19-13-18(16)20(3,4)5;/h1-12,14-17,19-20H,18H2;6-9,12-14H,11H2,1-5H3;/q2*-1;/i18D2;11D2;. The van der Waals surface area contributed by atoms with Crippen LogP contribution in [-0.2, 0) is 32.9 Å². The summed E-state index contributed by atoms with van der Waals surface area (Å²) in [5.41, 5.74) is 7.75. The Morgan fingerprint density at radius 3 is 2.17 bits per heavy atom. The molecule has 267 valence electrons. The van der Waals surface area contributed by atoms with Gasteiger partial charge in [0.2, 0.25) is 0 Å². The SMILES string of the molecule is [2H]C([2H])(c1cc(-c2[c-]cccc2)ncc1[Si](C)(C)C)C(C)C.[2H]C([2H])(c1ccccc1)c1ccnc(-c2[c-]ccc3c2sc2cc(-c4ccccc4)ccc23)c1.[Ir]. The first kappa shape index (κ1) is 33.1. The Morgan fingerprint density at radius 2 is 1.45 bits per heavy atom. The predicted octanol–water partition coefficient (Wildman–Crippen LogP) is 12.5. The van der Waals surface area contributed by atoms with E-state index >= 15 is 0 Å². The van der Waals surface area contributed by atoms with E-state index in [1.165, 1.54) is 26.6 Å². The van der Waals surface area contributed by atoms with Gasteiger partial charge in [0.25, 0.3) is 0 Å². The molecular formula is C48H44IrN2SSi-2. The van der Waals surface area contributed by atoms with Gasteiger partial charge in [-0.2, -0.15) is 11.3 Å². The van der Waals surface area contributed by atoms with Crippen LogP contribution in [0, 0.1) is 18.1 Å². The van der Waals surface area contributed by atoms with E-state index in [0.29, 0.717) is 11.1 Å². The predicted molar refractivity (Wildman–Crippen MR) is 226 cm³/mol. The van der Waals surface area contributed by atoms with Crippen molar-refractivity contribution in [2.45, 2.75) is 46.2 Å². The smallest absolute Gasteiger partial charge is 0.0798 e. The number of aromatic nitrogens is 2. The molecule has 53 heavy (non-hydrogen) atoms. The quantitative estimate of drug-likeness (QED) is 0.112. The largest absolute Gasteiger partial charge is 0.305 e. The van der Waals surface area contributed by atoms with E-state index in [0.717, 1.165) is 38.0 Å². The van der Waals surface area contributed by atoms with E-state index in [2.05, 4.69) is 90.3 Å². The molecule has 1 radical (unpaired) electrons. The molecule has 5 heteroatoms. The van der Waals surface area contributed by atoms with E-state index in [1.807, 2.05) is 98.9 Å². The van der Waals surface area contributed by atoms with Crippen LogP contribution in [0.1, 0.15) is 36.0 Å². The Morgan fingerprint density at radius 1 is 0.698 bits per heavy atom. The fourth-order valence-electron chi connectivity index (χ4n) is 6.26. The van der Waals surface area contributed by atoms with Crippen LogP contribution in [0.4, 0.5) is 0 Å². The average molecular weight is 905 g/mol. The molecular weight excluding hydrogens is 857 g/mol. The molecule has 8 aromatic rings. The van der Waals surface area contributed by atoms with E-state index in [4.69, 9.17) is 5.48 Å². The van der Waals surface area contributed by atoms with Crippen LogP contribution in [0.15, 0.2) is 146 Å². The number of thiophene rings is 1. The van der Waals surface area contributed by atoms with Crippen molar-refractivity contribution in [3.63, 3.8) is 0 Å². The zero-order valence-electron chi connectivity index (χ0n) is 34.6. The first-order valence-electron chi connectivity index (χ1n) is 19.7. The first-order chi connectivity index (χ1) is 26.7. The third-order valence-corrected chi connectivity index (χ3v) is 12.0. The van der Waals surface area contributed by atoms with Crippen molar-refractivity contribution < 1.29 is 25.6 Å². The second-order valence-corrected chi connectivity index (χ2v) is 20.2. The van der Waals surface area contributed by atoms with Crippen molar-refractivity contribution in [1.82, 2.24) is 9.97 Å². The number of benzene rings is 5. The minimum atomic E-state index is -1.67. The summed E-state index contributed by atoms with van der Waals surface area (Å²) in [5.74, 6) is -0.0856. The van der Waals surface area contributed by atoms with Gasteiger partial charge in [0.1, 0.15) is 0 Å². The minimum absolute atomic E-state index is 0. The molecule has 8 rings (SSSR count).